The lowest BCUT2D eigenvalue weighted by molar-refractivity contribution is 0.308. The Kier molecular flexibility index (Phi) is 7.99. The van der Waals surface area contributed by atoms with Crippen LogP contribution in [-0.2, 0) is 6.42 Å². The molecular weight excluding hydrogens is 384 g/mol. The molecule has 0 heteroatoms. The van der Waals surface area contributed by atoms with Crippen LogP contribution < -0.4 is 0 Å². The average molecular weight is 423 g/mol. The number of rotatable bonds is 8. The number of benzene rings is 3. The second kappa shape index (κ2) is 11.3. The highest BCUT2D eigenvalue weighted by Gasteiger charge is 2.21. The molecule has 166 valence electrons. The average Bonchev–Trinajstić information content (AvgIpc) is 2.85. The topological polar surface area (TPSA) is 0 Å². The lowest BCUT2D eigenvalue weighted by atomic mass is 9.77. The third kappa shape index (κ3) is 6.22. The van der Waals surface area contributed by atoms with E-state index in [4.69, 9.17) is 0 Å². The van der Waals surface area contributed by atoms with Crippen molar-refractivity contribution in [2.24, 2.45) is 5.92 Å². The van der Waals surface area contributed by atoms with Gasteiger partial charge in [0.15, 0.2) is 0 Å². The molecule has 0 aliphatic heterocycles. The first-order valence-corrected chi connectivity index (χ1v) is 12.6. The first-order valence-electron chi connectivity index (χ1n) is 12.6. The predicted octanol–water partition coefficient (Wildman–Crippen LogP) is 9.28. The summed E-state index contributed by atoms with van der Waals surface area (Å²) >= 11 is 0. The third-order valence-electron chi connectivity index (χ3n) is 7.31. The summed E-state index contributed by atoms with van der Waals surface area (Å²) in [6.45, 7) is 4.63. The van der Waals surface area contributed by atoms with Gasteiger partial charge in [-0.2, -0.15) is 0 Å². The second-order valence-electron chi connectivity index (χ2n) is 9.76. The van der Waals surface area contributed by atoms with Crippen LogP contribution in [0.5, 0.6) is 0 Å². The molecule has 4 rings (SSSR count). The van der Waals surface area contributed by atoms with Gasteiger partial charge < -0.3 is 0 Å². The molecule has 3 aromatic rings. The summed E-state index contributed by atoms with van der Waals surface area (Å²) in [6, 6.07) is 29.1. The van der Waals surface area contributed by atoms with Crippen molar-refractivity contribution in [1.29, 1.82) is 0 Å². The molecule has 0 unspecified atom stereocenters. The summed E-state index contributed by atoms with van der Waals surface area (Å²) in [7, 11) is 0. The van der Waals surface area contributed by atoms with Crippen molar-refractivity contribution in [2.45, 2.75) is 70.6 Å². The Morgan fingerprint density at radius 2 is 1.34 bits per heavy atom. The zero-order valence-electron chi connectivity index (χ0n) is 19.8. The molecule has 0 heterocycles. The highest BCUT2D eigenvalue weighted by Crippen LogP contribution is 2.37. The Morgan fingerprint density at radius 3 is 1.94 bits per heavy atom. The molecule has 0 saturated heterocycles. The van der Waals surface area contributed by atoms with E-state index in [1.807, 2.05) is 0 Å². The molecule has 1 aliphatic rings. The Hall–Kier alpha value is -2.60. The van der Waals surface area contributed by atoms with Gasteiger partial charge in [0.05, 0.1) is 0 Å². The van der Waals surface area contributed by atoms with E-state index in [1.165, 1.54) is 66.3 Å². The fourth-order valence-corrected chi connectivity index (χ4v) is 5.28. The van der Waals surface area contributed by atoms with Gasteiger partial charge >= 0.3 is 0 Å². The van der Waals surface area contributed by atoms with Crippen molar-refractivity contribution >= 4 is 12.2 Å². The maximum absolute atomic E-state index is 2.36. The molecule has 1 saturated carbocycles. The molecule has 1 atom stereocenters. The molecule has 0 bridgehead atoms. The lowest BCUT2D eigenvalue weighted by Crippen LogP contribution is -2.13. The summed E-state index contributed by atoms with van der Waals surface area (Å²) in [4.78, 5) is 0. The van der Waals surface area contributed by atoms with Crippen LogP contribution in [-0.4, -0.2) is 0 Å². The summed E-state index contributed by atoms with van der Waals surface area (Å²) in [5.74, 6) is 2.29. The van der Waals surface area contributed by atoms with Crippen molar-refractivity contribution in [3.8, 4) is 0 Å². The molecule has 32 heavy (non-hydrogen) atoms. The molecule has 0 amide bonds. The van der Waals surface area contributed by atoms with Gasteiger partial charge in [-0.1, -0.05) is 118 Å². The van der Waals surface area contributed by atoms with Gasteiger partial charge in [-0.3, -0.25) is 0 Å². The highest BCUT2D eigenvalue weighted by molar-refractivity contribution is 5.69. The smallest absolute Gasteiger partial charge is 0.0150 e. The van der Waals surface area contributed by atoms with E-state index in [9.17, 15) is 0 Å². The van der Waals surface area contributed by atoms with E-state index in [-0.39, 0.29) is 0 Å². The molecule has 3 aromatic carbocycles. The Morgan fingerprint density at radius 1 is 0.750 bits per heavy atom. The van der Waals surface area contributed by atoms with Crippen LogP contribution in [0.3, 0.4) is 0 Å². The van der Waals surface area contributed by atoms with Gasteiger partial charge in [0, 0.05) is 0 Å². The van der Waals surface area contributed by atoms with Gasteiger partial charge in [0.1, 0.15) is 0 Å². The van der Waals surface area contributed by atoms with Crippen molar-refractivity contribution < 1.29 is 0 Å². The molecule has 0 radical (unpaired) electrons. The van der Waals surface area contributed by atoms with E-state index in [0.29, 0.717) is 5.92 Å². The SMILES string of the molecule is CCCC1CCC(c2ccc(C=Cc3ccc(C[C@@H](C)c4ccccc4)cc3)cc2)CC1. The standard InChI is InChI=1S/C32H38/c1-3-7-26-16-20-31(21-17-26)32-22-18-28(19-23-32)11-10-27-12-14-29(15-13-27)24-25(2)30-8-5-4-6-9-30/h4-6,8-15,18-19,22-23,25-26,31H,3,7,16-17,20-21,24H2,1-2H3/t25-,26?,31?/m1/s1. The molecule has 0 N–H and O–H groups in total. The van der Waals surface area contributed by atoms with Crippen LogP contribution in [0.15, 0.2) is 78.9 Å². The molecular formula is C32H38. The van der Waals surface area contributed by atoms with Crippen molar-refractivity contribution in [2.75, 3.05) is 0 Å². The second-order valence-corrected chi connectivity index (χ2v) is 9.76. The van der Waals surface area contributed by atoms with Crippen molar-refractivity contribution in [3.05, 3.63) is 107 Å². The Bertz CT molecular complexity index is 955. The molecule has 1 aliphatic carbocycles. The van der Waals surface area contributed by atoms with Gasteiger partial charge in [-0.15, -0.1) is 0 Å². The normalized spacial score (nSPS) is 19.8. The summed E-state index contributed by atoms with van der Waals surface area (Å²) in [6.07, 6.45) is 13.9. The minimum Gasteiger partial charge on any atom is -0.0654 e. The first kappa shape index (κ1) is 22.6. The summed E-state index contributed by atoms with van der Waals surface area (Å²) in [5, 5.41) is 0. The zero-order chi connectivity index (χ0) is 22.2. The van der Waals surface area contributed by atoms with Crippen molar-refractivity contribution in [1.82, 2.24) is 0 Å². The summed E-state index contributed by atoms with van der Waals surface area (Å²) in [5.41, 5.74) is 6.90. The Labute approximate surface area is 195 Å². The van der Waals surface area contributed by atoms with Crippen LogP contribution in [0.25, 0.3) is 12.2 Å². The quantitative estimate of drug-likeness (QED) is 0.317. The van der Waals surface area contributed by atoms with Crippen LogP contribution in [0.2, 0.25) is 0 Å². The molecule has 0 nitrogen and oxygen atoms in total. The van der Waals surface area contributed by atoms with E-state index < -0.39 is 0 Å². The molecule has 0 aromatic heterocycles. The van der Waals surface area contributed by atoms with Gasteiger partial charge in [0.2, 0.25) is 0 Å². The van der Waals surface area contributed by atoms with Crippen molar-refractivity contribution in [3.63, 3.8) is 0 Å². The van der Waals surface area contributed by atoms with Gasteiger partial charge in [-0.25, -0.2) is 0 Å². The largest absolute Gasteiger partial charge is 0.0654 e. The highest BCUT2D eigenvalue weighted by atomic mass is 14.3. The van der Waals surface area contributed by atoms with Crippen LogP contribution in [0.1, 0.15) is 92.0 Å². The van der Waals surface area contributed by atoms with Gasteiger partial charge in [0.25, 0.3) is 0 Å². The van der Waals surface area contributed by atoms with Gasteiger partial charge in [-0.05, 0) is 77.7 Å². The van der Waals surface area contributed by atoms with E-state index in [0.717, 1.165) is 18.3 Å². The monoisotopic (exact) mass is 422 g/mol. The summed E-state index contributed by atoms with van der Waals surface area (Å²) < 4.78 is 0. The fourth-order valence-electron chi connectivity index (χ4n) is 5.28. The maximum atomic E-state index is 2.36. The first-order chi connectivity index (χ1) is 15.7. The van der Waals surface area contributed by atoms with Crippen LogP contribution in [0.4, 0.5) is 0 Å². The minimum absolute atomic E-state index is 0.540. The van der Waals surface area contributed by atoms with E-state index in [1.54, 1.807) is 0 Å². The van der Waals surface area contributed by atoms with Crippen LogP contribution >= 0.6 is 0 Å². The van der Waals surface area contributed by atoms with E-state index >= 15 is 0 Å². The maximum Gasteiger partial charge on any atom is -0.0150 e. The number of hydrogen-bond acceptors (Lipinski definition) is 0. The zero-order valence-corrected chi connectivity index (χ0v) is 19.8. The van der Waals surface area contributed by atoms with Crippen LogP contribution in [0, 0.1) is 5.92 Å². The number of hydrogen-bond donors (Lipinski definition) is 0. The molecule has 0 spiro atoms. The predicted molar refractivity (Wildman–Crippen MR) is 140 cm³/mol. The minimum atomic E-state index is 0.540. The fraction of sp³-hybridized carbons (Fsp3) is 0.375. The lowest BCUT2D eigenvalue weighted by Gasteiger charge is -2.28. The molecule has 1 fully saturated rings. The third-order valence-corrected chi connectivity index (χ3v) is 7.31. The Balaban J connectivity index is 1.30. The van der Waals surface area contributed by atoms with E-state index in [2.05, 4.69) is 105 Å².